The van der Waals surface area contributed by atoms with E-state index >= 15 is 0 Å². The van der Waals surface area contributed by atoms with Gasteiger partial charge in [0.25, 0.3) is 17.2 Å². The van der Waals surface area contributed by atoms with Gasteiger partial charge in [0.1, 0.15) is 12.2 Å². The number of nitro groups is 1. The van der Waals surface area contributed by atoms with E-state index in [1.807, 2.05) is 0 Å². The summed E-state index contributed by atoms with van der Waals surface area (Å²) in [5.41, 5.74) is -0.313. The number of rotatable bonds is 6. The van der Waals surface area contributed by atoms with Crippen LogP contribution in [0.2, 0.25) is 0 Å². The van der Waals surface area contributed by atoms with Crippen LogP contribution in [0.5, 0.6) is 0 Å². The number of nitrogens with one attached hydrogen (secondary N) is 1. The van der Waals surface area contributed by atoms with Crippen molar-refractivity contribution in [1.82, 2.24) is 9.71 Å². The maximum absolute atomic E-state index is 12.4. The first-order valence-electron chi connectivity index (χ1n) is 7.34. The Bertz CT molecular complexity index is 1000. The van der Waals surface area contributed by atoms with Gasteiger partial charge in [0, 0.05) is 29.9 Å². The summed E-state index contributed by atoms with van der Waals surface area (Å²) in [6.07, 6.45) is 2.89. The molecule has 1 aromatic carbocycles. The van der Waals surface area contributed by atoms with Gasteiger partial charge in [0.05, 0.1) is 4.92 Å². The lowest BCUT2D eigenvalue weighted by atomic mass is 10.2. The third-order valence-corrected chi connectivity index (χ3v) is 3.99. The highest BCUT2D eigenvalue weighted by Crippen LogP contribution is 2.13. The maximum Gasteiger partial charge on any atom is 0.295 e. The lowest BCUT2D eigenvalue weighted by Gasteiger charge is -2.09. The molecule has 10 heteroatoms. The minimum atomic E-state index is -0.646. The van der Waals surface area contributed by atoms with Gasteiger partial charge in [-0.15, -0.1) is 11.3 Å². The second-order valence-electron chi connectivity index (χ2n) is 5.04. The molecule has 0 radical (unpaired) electrons. The minimum Gasteiger partial charge on any atom is -0.406 e. The number of thiazole rings is 1. The SMILES string of the molecule is O=C(Nc1nccs1)c1cccn(OCc2cccc([N+](=O)[O-])c2)c1=O. The number of amides is 1. The predicted molar refractivity (Wildman–Crippen MR) is 94.1 cm³/mol. The van der Waals surface area contributed by atoms with Crippen molar-refractivity contribution in [3.63, 3.8) is 0 Å². The predicted octanol–water partition coefficient (Wildman–Crippen LogP) is 2.09. The van der Waals surface area contributed by atoms with E-state index in [4.69, 9.17) is 4.84 Å². The number of aromatic nitrogens is 2. The van der Waals surface area contributed by atoms with Gasteiger partial charge in [-0.1, -0.05) is 12.1 Å². The Balaban J connectivity index is 1.75. The van der Waals surface area contributed by atoms with E-state index in [-0.39, 0.29) is 17.9 Å². The molecule has 0 saturated heterocycles. The minimum absolute atomic E-state index is 0.0703. The first kappa shape index (κ1) is 17.3. The molecule has 2 heterocycles. The topological polar surface area (TPSA) is 116 Å². The fourth-order valence-corrected chi connectivity index (χ4v) is 2.63. The first-order valence-corrected chi connectivity index (χ1v) is 8.21. The summed E-state index contributed by atoms with van der Waals surface area (Å²) in [7, 11) is 0. The molecule has 1 amide bonds. The Kier molecular flexibility index (Phi) is 5.04. The Morgan fingerprint density at radius 3 is 2.92 bits per heavy atom. The smallest absolute Gasteiger partial charge is 0.295 e. The number of anilines is 1. The van der Waals surface area contributed by atoms with Crippen LogP contribution in [0.4, 0.5) is 10.8 Å². The number of benzene rings is 1. The molecule has 1 N–H and O–H groups in total. The molecule has 0 saturated carbocycles. The molecule has 0 bridgehead atoms. The Hall–Kier alpha value is -3.53. The summed E-state index contributed by atoms with van der Waals surface area (Å²) in [6.45, 7) is -0.0703. The van der Waals surface area contributed by atoms with E-state index in [1.54, 1.807) is 11.4 Å². The van der Waals surface area contributed by atoms with Gasteiger partial charge in [0.2, 0.25) is 0 Å². The Labute approximate surface area is 150 Å². The molecular weight excluding hydrogens is 360 g/mol. The summed E-state index contributed by atoms with van der Waals surface area (Å²) in [4.78, 5) is 44.2. The van der Waals surface area contributed by atoms with Crippen LogP contribution in [-0.4, -0.2) is 20.5 Å². The fraction of sp³-hybridized carbons (Fsp3) is 0.0625. The second kappa shape index (κ2) is 7.57. The zero-order valence-electron chi connectivity index (χ0n) is 13.2. The van der Waals surface area contributed by atoms with Gasteiger partial charge in [-0.2, -0.15) is 4.73 Å². The first-order chi connectivity index (χ1) is 12.5. The van der Waals surface area contributed by atoms with Crippen LogP contribution in [0, 0.1) is 10.1 Å². The molecule has 0 aliphatic carbocycles. The zero-order valence-corrected chi connectivity index (χ0v) is 14.0. The van der Waals surface area contributed by atoms with Gasteiger partial charge in [-0.05, 0) is 17.7 Å². The van der Waals surface area contributed by atoms with Gasteiger partial charge < -0.3 is 4.84 Å². The molecule has 0 unspecified atom stereocenters. The molecule has 0 aliphatic heterocycles. The van der Waals surface area contributed by atoms with Crippen LogP contribution in [0.3, 0.4) is 0 Å². The van der Waals surface area contributed by atoms with Gasteiger partial charge in [-0.25, -0.2) is 4.98 Å². The Morgan fingerprint density at radius 1 is 1.35 bits per heavy atom. The monoisotopic (exact) mass is 372 g/mol. The average molecular weight is 372 g/mol. The molecule has 0 spiro atoms. The number of nitro benzene ring substituents is 1. The highest BCUT2D eigenvalue weighted by atomic mass is 32.1. The number of carbonyl (C=O) groups excluding carboxylic acids is 1. The van der Waals surface area contributed by atoms with E-state index < -0.39 is 16.4 Å². The molecule has 3 aromatic rings. The van der Waals surface area contributed by atoms with Crippen molar-refractivity contribution in [1.29, 1.82) is 0 Å². The Morgan fingerprint density at radius 2 is 2.19 bits per heavy atom. The number of hydrogen-bond donors (Lipinski definition) is 1. The summed E-state index contributed by atoms with van der Waals surface area (Å²) in [6, 6.07) is 8.74. The van der Waals surface area contributed by atoms with Gasteiger partial charge >= 0.3 is 0 Å². The molecule has 0 fully saturated rings. The summed E-state index contributed by atoms with van der Waals surface area (Å²) < 4.78 is 0.912. The molecule has 0 atom stereocenters. The highest BCUT2D eigenvalue weighted by molar-refractivity contribution is 7.13. The van der Waals surface area contributed by atoms with E-state index in [0.717, 1.165) is 4.73 Å². The molecular formula is C16H12N4O5S. The van der Waals surface area contributed by atoms with Crippen LogP contribution in [0.15, 0.2) is 59.0 Å². The average Bonchev–Trinajstić information content (AvgIpc) is 3.14. The summed E-state index contributed by atoms with van der Waals surface area (Å²) >= 11 is 1.23. The molecule has 26 heavy (non-hydrogen) atoms. The summed E-state index contributed by atoms with van der Waals surface area (Å²) in [5, 5.41) is 15.4. The van der Waals surface area contributed by atoms with Crippen molar-refractivity contribution in [3.05, 3.63) is 85.8 Å². The molecule has 3 rings (SSSR count). The summed E-state index contributed by atoms with van der Waals surface area (Å²) in [5.74, 6) is -0.599. The van der Waals surface area contributed by atoms with Crippen molar-refractivity contribution >= 4 is 28.1 Å². The third kappa shape index (κ3) is 3.92. The highest BCUT2D eigenvalue weighted by Gasteiger charge is 2.14. The van der Waals surface area contributed by atoms with Crippen LogP contribution >= 0.6 is 11.3 Å². The molecule has 132 valence electrons. The third-order valence-electron chi connectivity index (χ3n) is 3.30. The lowest BCUT2D eigenvalue weighted by molar-refractivity contribution is -0.384. The molecule has 0 aliphatic rings. The van der Waals surface area contributed by atoms with Crippen LogP contribution in [0.1, 0.15) is 15.9 Å². The maximum atomic E-state index is 12.4. The number of non-ortho nitro benzene ring substituents is 1. The molecule has 2 aromatic heterocycles. The van der Waals surface area contributed by atoms with Gasteiger partial charge in [0.15, 0.2) is 5.13 Å². The largest absolute Gasteiger partial charge is 0.406 e. The second-order valence-corrected chi connectivity index (χ2v) is 5.94. The standard InChI is InChI=1S/C16H12N4O5S/c21-14(18-16-17-6-8-26-16)13-5-2-7-19(15(13)22)25-10-11-3-1-4-12(9-11)20(23)24/h1-9H,10H2,(H,17,18,21). The van der Waals surface area contributed by atoms with E-state index in [1.165, 1.54) is 54.1 Å². The number of nitrogens with zero attached hydrogens (tertiary/aromatic N) is 3. The van der Waals surface area contributed by atoms with Crippen LogP contribution in [0.25, 0.3) is 0 Å². The van der Waals surface area contributed by atoms with Crippen molar-refractivity contribution in [2.75, 3.05) is 5.32 Å². The van der Waals surface area contributed by atoms with Crippen molar-refractivity contribution in [2.45, 2.75) is 6.61 Å². The van der Waals surface area contributed by atoms with Crippen LogP contribution < -0.4 is 15.7 Å². The lowest BCUT2D eigenvalue weighted by Crippen LogP contribution is -2.32. The number of carbonyl (C=O) groups is 1. The fourth-order valence-electron chi connectivity index (χ4n) is 2.10. The van der Waals surface area contributed by atoms with Crippen molar-refractivity contribution in [2.24, 2.45) is 0 Å². The zero-order chi connectivity index (χ0) is 18.5. The quantitative estimate of drug-likeness (QED) is 0.523. The van der Waals surface area contributed by atoms with E-state index in [0.29, 0.717) is 10.7 Å². The molecule has 9 nitrogen and oxygen atoms in total. The van der Waals surface area contributed by atoms with E-state index in [9.17, 15) is 19.7 Å². The van der Waals surface area contributed by atoms with Crippen molar-refractivity contribution < 1.29 is 14.6 Å². The van der Waals surface area contributed by atoms with Crippen molar-refractivity contribution in [3.8, 4) is 0 Å². The van der Waals surface area contributed by atoms with E-state index in [2.05, 4.69) is 10.3 Å². The number of hydrogen-bond acceptors (Lipinski definition) is 7. The van der Waals surface area contributed by atoms with Crippen LogP contribution in [-0.2, 0) is 6.61 Å². The van der Waals surface area contributed by atoms with Gasteiger partial charge in [-0.3, -0.25) is 25.0 Å². The number of pyridine rings is 1. The normalized spacial score (nSPS) is 10.3.